The molecule has 1 saturated heterocycles. The Morgan fingerprint density at radius 3 is 2.34 bits per heavy atom. The van der Waals surface area contributed by atoms with Gasteiger partial charge in [-0.1, -0.05) is 0 Å². The summed E-state index contributed by atoms with van der Waals surface area (Å²) in [6.07, 6.45) is 2.85. The molecule has 1 fully saturated rings. The van der Waals surface area contributed by atoms with Gasteiger partial charge in [0.1, 0.15) is 5.82 Å². The van der Waals surface area contributed by atoms with E-state index in [2.05, 4.69) is 20.0 Å². The third kappa shape index (κ3) is 4.72. The average molecular weight is 455 g/mol. The van der Waals surface area contributed by atoms with Crippen molar-refractivity contribution < 1.29 is 22.4 Å². The van der Waals surface area contributed by atoms with E-state index in [1.165, 1.54) is 65.8 Å². The first-order valence-corrected chi connectivity index (χ1v) is 11.1. The SMILES string of the molecule is O=C(Nc1ccc(S(=O)(=O)Nc2ncccn2)cc1)[C@H]1CC(=O)N(c2ccc(F)cc2)C1. The van der Waals surface area contributed by atoms with Crippen molar-refractivity contribution in [2.75, 3.05) is 21.5 Å². The number of carbonyl (C=O) groups excluding carboxylic acids is 2. The number of rotatable bonds is 6. The highest BCUT2D eigenvalue weighted by Gasteiger charge is 2.35. The van der Waals surface area contributed by atoms with Gasteiger partial charge in [0.2, 0.25) is 17.8 Å². The number of benzene rings is 2. The van der Waals surface area contributed by atoms with Crippen LogP contribution in [0, 0.1) is 11.7 Å². The van der Waals surface area contributed by atoms with Crippen LogP contribution in [0.1, 0.15) is 6.42 Å². The van der Waals surface area contributed by atoms with Gasteiger partial charge in [0.05, 0.1) is 10.8 Å². The summed E-state index contributed by atoms with van der Waals surface area (Å²) in [5.74, 6) is -1.65. The predicted molar refractivity (Wildman–Crippen MR) is 115 cm³/mol. The molecule has 2 heterocycles. The highest BCUT2D eigenvalue weighted by Crippen LogP contribution is 2.26. The van der Waals surface area contributed by atoms with E-state index in [-0.39, 0.29) is 35.6 Å². The molecule has 1 atom stereocenters. The second-order valence-electron chi connectivity index (χ2n) is 7.07. The van der Waals surface area contributed by atoms with Gasteiger partial charge in [0.15, 0.2) is 0 Å². The van der Waals surface area contributed by atoms with Crippen LogP contribution in [-0.4, -0.2) is 36.7 Å². The van der Waals surface area contributed by atoms with E-state index in [0.717, 1.165) is 0 Å². The fraction of sp³-hybridized carbons (Fsp3) is 0.143. The lowest BCUT2D eigenvalue weighted by atomic mass is 10.1. The second kappa shape index (κ2) is 8.71. The molecule has 0 spiro atoms. The van der Waals surface area contributed by atoms with Gasteiger partial charge in [-0.05, 0) is 54.6 Å². The molecule has 0 bridgehead atoms. The lowest BCUT2D eigenvalue weighted by Crippen LogP contribution is -2.28. The number of hydrogen-bond acceptors (Lipinski definition) is 6. The Hall–Kier alpha value is -3.86. The first-order valence-electron chi connectivity index (χ1n) is 9.58. The summed E-state index contributed by atoms with van der Waals surface area (Å²) in [5.41, 5.74) is 0.911. The summed E-state index contributed by atoms with van der Waals surface area (Å²) in [5, 5.41) is 2.70. The van der Waals surface area contributed by atoms with Gasteiger partial charge in [-0.15, -0.1) is 0 Å². The van der Waals surface area contributed by atoms with E-state index in [1.807, 2.05) is 0 Å². The van der Waals surface area contributed by atoms with Crippen molar-refractivity contribution in [3.05, 3.63) is 72.8 Å². The molecule has 1 aliphatic heterocycles. The van der Waals surface area contributed by atoms with E-state index >= 15 is 0 Å². The topological polar surface area (TPSA) is 121 Å². The van der Waals surface area contributed by atoms with Crippen molar-refractivity contribution in [3.8, 4) is 0 Å². The zero-order chi connectivity index (χ0) is 22.7. The standard InChI is InChI=1S/C21H18FN5O4S/c22-15-2-6-17(7-3-15)27-13-14(12-19(27)28)20(29)25-16-4-8-18(9-5-16)32(30,31)26-21-23-10-1-11-24-21/h1-11,14H,12-13H2,(H,25,29)(H,23,24,26)/t14-/m0/s1. The van der Waals surface area contributed by atoms with Gasteiger partial charge in [-0.3, -0.25) is 9.59 Å². The molecular formula is C21H18FN5O4S. The number of anilines is 3. The van der Waals surface area contributed by atoms with Crippen LogP contribution in [0.4, 0.5) is 21.7 Å². The Kier molecular flexibility index (Phi) is 5.82. The normalized spacial score (nSPS) is 16.1. The third-order valence-corrected chi connectivity index (χ3v) is 6.20. The minimum absolute atomic E-state index is 0.0245. The van der Waals surface area contributed by atoms with Crippen LogP contribution in [0.3, 0.4) is 0 Å². The zero-order valence-electron chi connectivity index (χ0n) is 16.6. The highest BCUT2D eigenvalue weighted by atomic mass is 32.2. The lowest BCUT2D eigenvalue weighted by Gasteiger charge is -2.16. The highest BCUT2D eigenvalue weighted by molar-refractivity contribution is 7.92. The Bertz CT molecular complexity index is 1240. The monoisotopic (exact) mass is 455 g/mol. The Balaban J connectivity index is 1.40. The molecule has 2 aromatic carbocycles. The molecule has 32 heavy (non-hydrogen) atoms. The Morgan fingerprint density at radius 1 is 1.03 bits per heavy atom. The van der Waals surface area contributed by atoms with E-state index in [4.69, 9.17) is 0 Å². The van der Waals surface area contributed by atoms with Gasteiger partial charge < -0.3 is 10.2 Å². The molecule has 2 amide bonds. The molecular weight excluding hydrogens is 437 g/mol. The van der Waals surface area contributed by atoms with Gasteiger partial charge in [-0.2, -0.15) is 0 Å². The van der Waals surface area contributed by atoms with Gasteiger partial charge in [0.25, 0.3) is 10.0 Å². The summed E-state index contributed by atoms with van der Waals surface area (Å²) >= 11 is 0. The molecule has 9 nitrogen and oxygen atoms in total. The Labute approximate surface area is 183 Å². The first-order chi connectivity index (χ1) is 15.3. The number of nitrogens with one attached hydrogen (secondary N) is 2. The molecule has 4 rings (SSSR count). The van der Waals surface area contributed by atoms with Gasteiger partial charge in [0, 0.05) is 36.7 Å². The quantitative estimate of drug-likeness (QED) is 0.589. The summed E-state index contributed by atoms with van der Waals surface area (Å²) < 4.78 is 40.2. The van der Waals surface area contributed by atoms with Crippen LogP contribution in [-0.2, 0) is 19.6 Å². The van der Waals surface area contributed by atoms with Crippen LogP contribution < -0.4 is 14.9 Å². The fourth-order valence-electron chi connectivity index (χ4n) is 3.25. The second-order valence-corrected chi connectivity index (χ2v) is 8.76. The van der Waals surface area contributed by atoms with Gasteiger partial charge in [-0.25, -0.2) is 27.5 Å². The summed E-state index contributed by atoms with van der Waals surface area (Å²) in [6.45, 7) is 0.170. The van der Waals surface area contributed by atoms with E-state index in [0.29, 0.717) is 11.4 Å². The Morgan fingerprint density at radius 2 is 1.69 bits per heavy atom. The molecule has 0 aliphatic carbocycles. The third-order valence-electron chi connectivity index (χ3n) is 4.86. The van der Waals surface area contributed by atoms with Crippen LogP contribution in [0.25, 0.3) is 0 Å². The largest absolute Gasteiger partial charge is 0.326 e. The molecule has 1 aliphatic rings. The van der Waals surface area contributed by atoms with Crippen molar-refractivity contribution in [2.45, 2.75) is 11.3 Å². The minimum Gasteiger partial charge on any atom is -0.326 e. The summed E-state index contributed by atoms with van der Waals surface area (Å²) in [7, 11) is -3.89. The maximum absolute atomic E-state index is 13.1. The maximum atomic E-state index is 13.1. The van der Waals surface area contributed by atoms with Crippen molar-refractivity contribution in [3.63, 3.8) is 0 Å². The molecule has 11 heteroatoms. The van der Waals surface area contributed by atoms with Crippen LogP contribution >= 0.6 is 0 Å². The van der Waals surface area contributed by atoms with Crippen LogP contribution in [0.2, 0.25) is 0 Å². The fourth-order valence-corrected chi connectivity index (χ4v) is 4.20. The van der Waals surface area contributed by atoms with Crippen LogP contribution in [0.5, 0.6) is 0 Å². The molecule has 164 valence electrons. The van der Waals surface area contributed by atoms with Gasteiger partial charge >= 0.3 is 0 Å². The van der Waals surface area contributed by atoms with Crippen molar-refractivity contribution in [2.24, 2.45) is 5.92 Å². The maximum Gasteiger partial charge on any atom is 0.264 e. The molecule has 2 N–H and O–H groups in total. The lowest BCUT2D eigenvalue weighted by molar-refractivity contribution is -0.122. The summed E-state index contributed by atoms with van der Waals surface area (Å²) in [6, 6.07) is 12.6. The van der Waals surface area contributed by atoms with E-state index in [1.54, 1.807) is 6.07 Å². The minimum atomic E-state index is -3.89. The molecule has 0 saturated carbocycles. The van der Waals surface area contributed by atoms with E-state index in [9.17, 15) is 22.4 Å². The average Bonchev–Trinajstić information content (AvgIpc) is 3.17. The molecule has 0 radical (unpaired) electrons. The van der Waals surface area contributed by atoms with Crippen molar-refractivity contribution in [1.82, 2.24) is 9.97 Å². The summed E-state index contributed by atoms with van der Waals surface area (Å²) in [4.78, 5) is 34.0. The number of carbonyl (C=O) groups is 2. The van der Waals surface area contributed by atoms with Crippen molar-refractivity contribution >= 4 is 39.2 Å². The molecule has 3 aromatic rings. The number of nitrogens with zero attached hydrogens (tertiary/aromatic N) is 3. The number of halogens is 1. The van der Waals surface area contributed by atoms with Crippen molar-refractivity contribution in [1.29, 1.82) is 0 Å². The zero-order valence-corrected chi connectivity index (χ0v) is 17.4. The predicted octanol–water partition coefficient (Wildman–Crippen LogP) is 2.41. The number of sulfonamides is 1. The number of hydrogen-bond donors (Lipinski definition) is 2. The van der Waals surface area contributed by atoms with Crippen LogP contribution in [0.15, 0.2) is 71.9 Å². The number of amides is 2. The molecule has 0 unspecified atom stereocenters. The first kappa shape index (κ1) is 21.4. The number of aromatic nitrogens is 2. The molecule has 1 aromatic heterocycles. The smallest absolute Gasteiger partial charge is 0.264 e. The van der Waals surface area contributed by atoms with E-state index < -0.39 is 21.8 Å².